The van der Waals surface area contributed by atoms with Crippen LogP contribution in [0.1, 0.15) is 13.3 Å². The number of nitrogens with two attached hydrogens (primary N) is 1. The van der Waals surface area contributed by atoms with E-state index < -0.39 is 10.0 Å². The third-order valence-electron chi connectivity index (χ3n) is 2.73. The fraction of sp³-hybridized carbons (Fsp3) is 0.500. The summed E-state index contributed by atoms with van der Waals surface area (Å²) in [5, 5.41) is 3.22. The number of anilines is 2. The van der Waals surface area contributed by atoms with Crippen molar-refractivity contribution >= 4 is 21.4 Å². The van der Waals surface area contributed by atoms with E-state index in [9.17, 15) is 8.42 Å². The van der Waals surface area contributed by atoms with Crippen molar-refractivity contribution in [2.75, 3.05) is 36.9 Å². The molecule has 0 saturated carbocycles. The lowest BCUT2D eigenvalue weighted by molar-refractivity contribution is 0.466. The summed E-state index contributed by atoms with van der Waals surface area (Å²) in [5.74, 6) is 0.148. The number of sulfonamides is 1. The first kappa shape index (κ1) is 14.8. The van der Waals surface area contributed by atoms with Crippen molar-refractivity contribution in [2.24, 2.45) is 0 Å². The van der Waals surface area contributed by atoms with Crippen LogP contribution < -0.4 is 11.1 Å². The summed E-state index contributed by atoms with van der Waals surface area (Å²) in [7, 11) is -1.45. The summed E-state index contributed by atoms with van der Waals surface area (Å²) in [6.07, 6.45) is 0.764. The van der Waals surface area contributed by atoms with Gasteiger partial charge in [0.2, 0.25) is 10.0 Å². The van der Waals surface area contributed by atoms with Gasteiger partial charge in [-0.3, -0.25) is 0 Å². The lowest BCUT2D eigenvalue weighted by Crippen LogP contribution is -2.30. The molecular weight excluding hydrogens is 250 g/mol. The summed E-state index contributed by atoms with van der Waals surface area (Å²) >= 11 is 0. The quantitative estimate of drug-likeness (QED) is 0.580. The zero-order valence-corrected chi connectivity index (χ0v) is 11.7. The van der Waals surface area contributed by atoms with Crippen molar-refractivity contribution in [3.05, 3.63) is 24.3 Å². The minimum absolute atomic E-state index is 0.148. The second-order valence-corrected chi connectivity index (χ2v) is 6.49. The van der Waals surface area contributed by atoms with E-state index in [1.807, 2.05) is 24.3 Å². The Morgan fingerprint density at radius 1 is 1.28 bits per heavy atom. The number of hydrogen-bond acceptors (Lipinski definition) is 4. The van der Waals surface area contributed by atoms with Crippen LogP contribution in [-0.2, 0) is 10.0 Å². The van der Waals surface area contributed by atoms with Crippen molar-refractivity contribution in [3.63, 3.8) is 0 Å². The first-order valence-corrected chi connectivity index (χ1v) is 7.60. The molecule has 0 heterocycles. The van der Waals surface area contributed by atoms with Gasteiger partial charge >= 0.3 is 0 Å². The first-order valence-electron chi connectivity index (χ1n) is 5.99. The zero-order valence-electron chi connectivity index (χ0n) is 10.9. The second-order valence-electron chi connectivity index (χ2n) is 4.12. The van der Waals surface area contributed by atoms with Gasteiger partial charge in [-0.15, -0.1) is 0 Å². The van der Waals surface area contributed by atoms with Crippen LogP contribution in [0.5, 0.6) is 0 Å². The molecule has 18 heavy (non-hydrogen) atoms. The molecule has 102 valence electrons. The fourth-order valence-electron chi connectivity index (χ4n) is 1.49. The highest BCUT2D eigenvalue weighted by Gasteiger charge is 2.13. The molecule has 0 radical (unpaired) electrons. The summed E-state index contributed by atoms with van der Waals surface area (Å²) < 4.78 is 24.4. The molecule has 0 aliphatic rings. The van der Waals surface area contributed by atoms with E-state index in [0.717, 1.165) is 24.3 Å². The molecule has 0 bridgehead atoms. The molecule has 1 aromatic rings. The number of hydrogen-bond donors (Lipinski definition) is 2. The number of nitrogens with one attached hydrogen (secondary N) is 1. The van der Waals surface area contributed by atoms with E-state index in [1.165, 1.54) is 4.31 Å². The Kier molecular flexibility index (Phi) is 5.43. The molecule has 0 aliphatic carbocycles. The second kappa shape index (κ2) is 6.61. The van der Waals surface area contributed by atoms with Crippen LogP contribution in [-0.4, -0.2) is 38.6 Å². The Balaban J connectivity index is 2.29. The number of benzene rings is 1. The summed E-state index contributed by atoms with van der Waals surface area (Å²) in [6.45, 7) is 2.91. The minimum Gasteiger partial charge on any atom is -0.399 e. The largest absolute Gasteiger partial charge is 0.399 e. The molecule has 0 aromatic heterocycles. The van der Waals surface area contributed by atoms with Crippen molar-refractivity contribution < 1.29 is 8.42 Å². The van der Waals surface area contributed by atoms with Crippen molar-refractivity contribution in [1.29, 1.82) is 0 Å². The third-order valence-corrected chi connectivity index (χ3v) is 4.59. The van der Waals surface area contributed by atoms with E-state index in [-0.39, 0.29) is 5.75 Å². The van der Waals surface area contributed by atoms with E-state index in [1.54, 1.807) is 14.0 Å². The van der Waals surface area contributed by atoms with Crippen LogP contribution in [0.4, 0.5) is 11.4 Å². The Bertz CT molecular complexity index is 457. The summed E-state index contributed by atoms with van der Waals surface area (Å²) in [4.78, 5) is 0. The van der Waals surface area contributed by atoms with Crippen molar-refractivity contribution in [2.45, 2.75) is 13.3 Å². The van der Waals surface area contributed by atoms with Gasteiger partial charge in [-0.2, -0.15) is 0 Å². The van der Waals surface area contributed by atoms with Gasteiger partial charge in [-0.1, -0.05) is 0 Å². The molecule has 5 nitrogen and oxygen atoms in total. The normalized spacial score (nSPS) is 11.7. The first-order chi connectivity index (χ1) is 8.45. The predicted octanol–water partition coefficient (Wildman–Crippen LogP) is 1.35. The lowest BCUT2D eigenvalue weighted by atomic mass is 10.3. The topological polar surface area (TPSA) is 75.4 Å². The van der Waals surface area contributed by atoms with Crippen LogP contribution >= 0.6 is 0 Å². The van der Waals surface area contributed by atoms with Gasteiger partial charge in [0.15, 0.2) is 0 Å². The molecule has 0 amide bonds. The molecule has 0 aliphatic heterocycles. The maximum atomic E-state index is 11.5. The SMILES string of the molecule is CCS(=O)(=O)N(C)CCCNc1ccc(N)cc1. The number of rotatable bonds is 7. The molecule has 0 fully saturated rings. The van der Waals surface area contributed by atoms with E-state index in [0.29, 0.717) is 6.54 Å². The summed E-state index contributed by atoms with van der Waals surface area (Å²) in [5.41, 5.74) is 7.31. The van der Waals surface area contributed by atoms with E-state index in [4.69, 9.17) is 5.73 Å². The van der Waals surface area contributed by atoms with Crippen LogP contribution in [0.15, 0.2) is 24.3 Å². The molecule has 0 spiro atoms. The zero-order chi connectivity index (χ0) is 13.6. The van der Waals surface area contributed by atoms with Crippen LogP contribution in [0.2, 0.25) is 0 Å². The van der Waals surface area contributed by atoms with Gasteiger partial charge in [0.25, 0.3) is 0 Å². The molecule has 1 aromatic carbocycles. The highest BCUT2D eigenvalue weighted by atomic mass is 32.2. The van der Waals surface area contributed by atoms with E-state index >= 15 is 0 Å². The monoisotopic (exact) mass is 271 g/mol. The molecule has 1 rings (SSSR count). The molecule has 0 saturated heterocycles. The average molecular weight is 271 g/mol. The van der Waals surface area contributed by atoms with Crippen LogP contribution in [0.3, 0.4) is 0 Å². The van der Waals surface area contributed by atoms with Crippen molar-refractivity contribution in [1.82, 2.24) is 4.31 Å². The van der Waals surface area contributed by atoms with Gasteiger partial charge in [0, 0.05) is 31.5 Å². The van der Waals surface area contributed by atoms with Gasteiger partial charge in [0.05, 0.1) is 5.75 Å². The Morgan fingerprint density at radius 2 is 1.89 bits per heavy atom. The van der Waals surface area contributed by atoms with E-state index in [2.05, 4.69) is 5.32 Å². The van der Waals surface area contributed by atoms with Crippen LogP contribution in [0.25, 0.3) is 0 Å². The standard InChI is InChI=1S/C12H21N3O2S/c1-3-18(16,17)15(2)10-4-9-14-12-7-5-11(13)6-8-12/h5-8,14H,3-4,9-10,13H2,1-2H3. The number of nitrogens with zero attached hydrogens (tertiary/aromatic N) is 1. The summed E-state index contributed by atoms with van der Waals surface area (Å²) in [6, 6.07) is 7.47. The third kappa shape index (κ3) is 4.54. The Morgan fingerprint density at radius 3 is 2.44 bits per heavy atom. The lowest BCUT2D eigenvalue weighted by Gasteiger charge is -2.16. The van der Waals surface area contributed by atoms with Crippen molar-refractivity contribution in [3.8, 4) is 0 Å². The molecule has 0 atom stereocenters. The minimum atomic E-state index is -3.06. The molecular formula is C12H21N3O2S. The Labute approximate surface area is 109 Å². The van der Waals surface area contributed by atoms with Gasteiger partial charge in [-0.05, 0) is 37.6 Å². The molecule has 6 heteroatoms. The Hall–Kier alpha value is -1.27. The average Bonchev–Trinajstić information content (AvgIpc) is 2.36. The highest BCUT2D eigenvalue weighted by Crippen LogP contribution is 2.10. The van der Waals surface area contributed by atoms with Gasteiger partial charge in [0.1, 0.15) is 0 Å². The maximum absolute atomic E-state index is 11.5. The fourth-order valence-corrected chi connectivity index (χ4v) is 2.34. The predicted molar refractivity (Wildman–Crippen MR) is 76.1 cm³/mol. The molecule has 0 unspecified atom stereocenters. The number of nitrogen functional groups attached to an aromatic ring is 1. The highest BCUT2D eigenvalue weighted by molar-refractivity contribution is 7.89. The van der Waals surface area contributed by atoms with Gasteiger partial charge < -0.3 is 11.1 Å². The molecule has 3 N–H and O–H groups in total. The van der Waals surface area contributed by atoms with Crippen LogP contribution in [0, 0.1) is 0 Å². The van der Waals surface area contributed by atoms with Gasteiger partial charge in [-0.25, -0.2) is 12.7 Å². The maximum Gasteiger partial charge on any atom is 0.213 e. The smallest absolute Gasteiger partial charge is 0.213 e.